The summed E-state index contributed by atoms with van der Waals surface area (Å²) in [5, 5.41) is 7.47. The van der Waals surface area contributed by atoms with Crippen molar-refractivity contribution in [3.05, 3.63) is 35.8 Å². The second-order valence-corrected chi connectivity index (χ2v) is 7.73. The smallest absolute Gasteiger partial charge is 0.274 e. The number of carbonyl (C=O) groups is 2. The van der Waals surface area contributed by atoms with Gasteiger partial charge in [-0.05, 0) is 31.0 Å². The second kappa shape index (κ2) is 7.07. The number of pyridine rings is 1. The number of aryl methyl sites for hydroxylation is 1. The Morgan fingerprint density at radius 2 is 1.96 bits per heavy atom. The molecule has 3 aromatic heterocycles. The molecular weight excluding hydrogens is 364 g/mol. The van der Waals surface area contributed by atoms with Crippen molar-refractivity contribution in [1.29, 1.82) is 0 Å². The quantitative estimate of drug-likeness (QED) is 0.748. The van der Waals surface area contributed by atoms with E-state index in [9.17, 15) is 9.59 Å². The number of piperidine rings is 1. The molecule has 0 atom stereocenters. The van der Waals surface area contributed by atoms with Gasteiger partial charge < -0.3 is 10.2 Å². The number of nitrogens with zero attached hydrogens (tertiary/aromatic N) is 5. The van der Waals surface area contributed by atoms with Crippen molar-refractivity contribution in [3.8, 4) is 0 Å². The number of anilines is 1. The Morgan fingerprint density at radius 3 is 2.63 bits per heavy atom. The van der Waals surface area contributed by atoms with Crippen LogP contribution < -0.4 is 5.32 Å². The molecule has 0 aliphatic carbocycles. The van der Waals surface area contributed by atoms with Gasteiger partial charge in [-0.3, -0.25) is 14.3 Å². The van der Waals surface area contributed by atoms with E-state index in [1.54, 1.807) is 24.0 Å². The molecule has 0 spiro atoms. The van der Waals surface area contributed by atoms with E-state index in [1.165, 1.54) is 18.3 Å². The lowest BCUT2D eigenvalue weighted by Crippen LogP contribution is -2.38. The minimum absolute atomic E-state index is 0.0167. The third kappa shape index (κ3) is 3.68. The Kier molecular flexibility index (Phi) is 4.61. The topological polar surface area (TPSA) is 93.0 Å². The molecule has 140 valence electrons. The molecule has 0 unspecified atom stereocenters. The minimum atomic E-state index is -0.140. The molecule has 0 radical (unpaired) electrons. The number of nitrogens with one attached hydrogen (secondary N) is 1. The van der Waals surface area contributed by atoms with Gasteiger partial charge in [0.1, 0.15) is 5.69 Å². The molecule has 1 aliphatic rings. The number of amides is 2. The molecule has 0 saturated carbocycles. The SMILES string of the molecule is CC(=O)Nc1nc2nc(C3CCN(C(=O)c4ccn(C)n4)CC3)ccc2s1. The lowest BCUT2D eigenvalue weighted by atomic mass is 9.93. The number of aromatic nitrogens is 4. The molecule has 8 nitrogen and oxygen atoms in total. The summed E-state index contributed by atoms with van der Waals surface area (Å²) < 4.78 is 2.59. The predicted octanol–water partition coefficient (Wildman–Crippen LogP) is 2.40. The maximum Gasteiger partial charge on any atom is 0.274 e. The van der Waals surface area contributed by atoms with Gasteiger partial charge in [-0.2, -0.15) is 10.1 Å². The summed E-state index contributed by atoms with van der Waals surface area (Å²) in [6.45, 7) is 2.84. The number of likely N-dealkylation sites (tertiary alicyclic amines) is 1. The number of hydrogen-bond donors (Lipinski definition) is 1. The first-order chi connectivity index (χ1) is 13.0. The van der Waals surface area contributed by atoms with Crippen molar-refractivity contribution in [2.24, 2.45) is 7.05 Å². The summed E-state index contributed by atoms with van der Waals surface area (Å²) in [5.74, 6) is 0.143. The average Bonchev–Trinajstić information content (AvgIpc) is 3.25. The Labute approximate surface area is 160 Å². The van der Waals surface area contributed by atoms with E-state index >= 15 is 0 Å². The highest BCUT2D eigenvalue weighted by Gasteiger charge is 2.26. The molecule has 9 heteroatoms. The summed E-state index contributed by atoms with van der Waals surface area (Å²) in [7, 11) is 1.81. The van der Waals surface area contributed by atoms with Crippen LogP contribution in [0.2, 0.25) is 0 Å². The second-order valence-electron chi connectivity index (χ2n) is 6.70. The van der Waals surface area contributed by atoms with E-state index < -0.39 is 0 Å². The monoisotopic (exact) mass is 384 g/mol. The van der Waals surface area contributed by atoms with Crippen LogP contribution in [0.1, 0.15) is 41.9 Å². The van der Waals surface area contributed by atoms with Crippen LogP contribution in [0.3, 0.4) is 0 Å². The molecule has 3 aromatic rings. The molecule has 4 rings (SSSR count). The van der Waals surface area contributed by atoms with Crippen LogP contribution in [0, 0.1) is 0 Å². The van der Waals surface area contributed by atoms with Crippen LogP contribution in [0.4, 0.5) is 5.13 Å². The predicted molar refractivity (Wildman–Crippen MR) is 103 cm³/mol. The van der Waals surface area contributed by atoms with E-state index in [4.69, 9.17) is 0 Å². The lowest BCUT2D eigenvalue weighted by molar-refractivity contribution is -0.114. The molecule has 1 saturated heterocycles. The Morgan fingerprint density at radius 1 is 1.19 bits per heavy atom. The molecule has 1 N–H and O–H groups in total. The fourth-order valence-corrected chi connectivity index (χ4v) is 4.19. The Bertz CT molecular complexity index is 1000. The van der Waals surface area contributed by atoms with Gasteiger partial charge in [-0.15, -0.1) is 0 Å². The maximum atomic E-state index is 12.5. The molecule has 0 bridgehead atoms. The summed E-state index contributed by atoms with van der Waals surface area (Å²) in [6.07, 6.45) is 3.50. The van der Waals surface area contributed by atoms with Crippen LogP contribution in [-0.4, -0.2) is 49.6 Å². The summed E-state index contributed by atoms with van der Waals surface area (Å²) >= 11 is 1.42. The van der Waals surface area contributed by atoms with Gasteiger partial charge in [0.2, 0.25) is 5.91 Å². The van der Waals surface area contributed by atoms with Crippen LogP contribution >= 0.6 is 11.3 Å². The van der Waals surface area contributed by atoms with Crippen LogP contribution in [0.25, 0.3) is 10.3 Å². The van der Waals surface area contributed by atoms with Gasteiger partial charge in [0, 0.05) is 44.9 Å². The highest BCUT2D eigenvalue weighted by Crippen LogP contribution is 2.31. The number of fused-ring (bicyclic) bond motifs is 1. The fourth-order valence-electron chi connectivity index (χ4n) is 3.33. The van der Waals surface area contributed by atoms with Crippen molar-refractivity contribution in [3.63, 3.8) is 0 Å². The third-order valence-corrected chi connectivity index (χ3v) is 5.62. The van der Waals surface area contributed by atoms with E-state index in [0.717, 1.165) is 23.2 Å². The fraction of sp³-hybridized carbons (Fsp3) is 0.389. The Balaban J connectivity index is 1.44. The maximum absolute atomic E-state index is 12.5. The first kappa shape index (κ1) is 17.6. The van der Waals surface area contributed by atoms with Gasteiger partial charge in [-0.25, -0.2) is 4.98 Å². The van der Waals surface area contributed by atoms with Crippen molar-refractivity contribution < 1.29 is 9.59 Å². The molecule has 27 heavy (non-hydrogen) atoms. The number of thiazole rings is 1. The van der Waals surface area contributed by atoms with Gasteiger partial charge >= 0.3 is 0 Å². The summed E-state index contributed by atoms with van der Waals surface area (Å²) in [4.78, 5) is 34.6. The van der Waals surface area contributed by atoms with Crippen LogP contribution in [-0.2, 0) is 11.8 Å². The van der Waals surface area contributed by atoms with Crippen molar-refractivity contribution in [1.82, 2.24) is 24.6 Å². The molecular formula is C18H20N6O2S. The first-order valence-electron chi connectivity index (χ1n) is 8.83. The summed E-state index contributed by atoms with van der Waals surface area (Å²) in [5.41, 5.74) is 2.14. The van der Waals surface area contributed by atoms with Crippen molar-refractivity contribution in [2.75, 3.05) is 18.4 Å². The number of rotatable bonds is 3. The zero-order chi connectivity index (χ0) is 19.0. The number of carbonyl (C=O) groups excluding carboxylic acids is 2. The summed E-state index contributed by atoms with van der Waals surface area (Å²) in [6, 6.07) is 5.78. The molecule has 1 aliphatic heterocycles. The van der Waals surface area contributed by atoms with Gasteiger partial charge in [-0.1, -0.05) is 11.3 Å². The normalized spacial score (nSPS) is 15.3. The van der Waals surface area contributed by atoms with Crippen molar-refractivity contribution >= 4 is 38.6 Å². The van der Waals surface area contributed by atoms with E-state index in [0.29, 0.717) is 35.5 Å². The van der Waals surface area contributed by atoms with Crippen molar-refractivity contribution in [2.45, 2.75) is 25.7 Å². The van der Waals surface area contributed by atoms with E-state index in [-0.39, 0.29) is 11.8 Å². The molecule has 1 fully saturated rings. The first-order valence-corrected chi connectivity index (χ1v) is 9.65. The van der Waals surface area contributed by atoms with Gasteiger partial charge in [0.05, 0.1) is 4.70 Å². The minimum Gasteiger partial charge on any atom is -0.337 e. The third-order valence-electron chi connectivity index (χ3n) is 4.69. The highest BCUT2D eigenvalue weighted by atomic mass is 32.1. The molecule has 0 aromatic carbocycles. The molecule has 2 amide bonds. The standard InChI is InChI=1S/C18H20N6O2S/c1-11(25)19-18-21-16-15(27-18)4-3-13(20-16)12-5-9-24(10-6-12)17(26)14-7-8-23(2)22-14/h3-4,7-8,12H,5-6,9-10H2,1-2H3,(H,19,20,21,25). The van der Waals surface area contributed by atoms with Gasteiger partial charge in [0.15, 0.2) is 10.8 Å². The molecule has 4 heterocycles. The van der Waals surface area contributed by atoms with Gasteiger partial charge in [0.25, 0.3) is 5.91 Å². The van der Waals surface area contributed by atoms with E-state index in [2.05, 4.69) is 20.4 Å². The largest absolute Gasteiger partial charge is 0.337 e. The lowest BCUT2D eigenvalue weighted by Gasteiger charge is -2.31. The zero-order valence-electron chi connectivity index (χ0n) is 15.2. The van der Waals surface area contributed by atoms with E-state index in [1.807, 2.05) is 17.0 Å². The average molecular weight is 384 g/mol. The number of hydrogen-bond acceptors (Lipinski definition) is 6. The van der Waals surface area contributed by atoms with Crippen LogP contribution in [0.15, 0.2) is 24.4 Å². The van der Waals surface area contributed by atoms with Crippen LogP contribution in [0.5, 0.6) is 0 Å². The highest BCUT2D eigenvalue weighted by molar-refractivity contribution is 7.22. The zero-order valence-corrected chi connectivity index (χ0v) is 16.0. The Hall–Kier alpha value is -2.81.